The summed E-state index contributed by atoms with van der Waals surface area (Å²) in [6.07, 6.45) is 1.20. The Hall–Kier alpha value is -1.82. The lowest BCUT2D eigenvalue weighted by Gasteiger charge is -2.24. The quantitative estimate of drug-likeness (QED) is 0.649. The summed E-state index contributed by atoms with van der Waals surface area (Å²) in [6, 6.07) is 4.39. The van der Waals surface area contributed by atoms with Crippen LogP contribution in [-0.2, 0) is 4.79 Å². The first-order chi connectivity index (χ1) is 8.56. The highest BCUT2D eigenvalue weighted by Crippen LogP contribution is 2.27. The van der Waals surface area contributed by atoms with Crippen molar-refractivity contribution in [2.45, 2.75) is 18.9 Å². The number of piperidine rings is 1. The number of anilines is 1. The highest BCUT2D eigenvalue weighted by atomic mass is 35.5. The summed E-state index contributed by atoms with van der Waals surface area (Å²) in [6.45, 7) is 0.534. The topological polar surface area (TPSA) is 84.3 Å². The van der Waals surface area contributed by atoms with E-state index in [9.17, 15) is 14.9 Å². The Morgan fingerprint density at radius 3 is 2.83 bits per heavy atom. The monoisotopic (exact) mass is 269 g/mol. The number of non-ortho nitro benzene ring substituents is 1. The van der Waals surface area contributed by atoms with Crippen LogP contribution in [-0.4, -0.2) is 23.4 Å². The van der Waals surface area contributed by atoms with Crippen molar-refractivity contribution in [3.05, 3.63) is 33.3 Å². The van der Waals surface area contributed by atoms with Crippen LogP contribution in [0.3, 0.4) is 0 Å². The summed E-state index contributed by atoms with van der Waals surface area (Å²) >= 11 is 5.97. The van der Waals surface area contributed by atoms with Gasteiger partial charge in [-0.2, -0.15) is 0 Å². The zero-order chi connectivity index (χ0) is 13.1. The molecule has 1 aromatic rings. The molecule has 0 radical (unpaired) electrons. The first-order valence-corrected chi connectivity index (χ1v) is 5.91. The van der Waals surface area contributed by atoms with Gasteiger partial charge in [0.15, 0.2) is 0 Å². The fourth-order valence-corrected chi connectivity index (χ4v) is 2.04. The molecule has 7 heteroatoms. The average Bonchev–Trinajstić information content (AvgIpc) is 2.34. The summed E-state index contributed by atoms with van der Waals surface area (Å²) in [5.41, 5.74) is 0.603. The molecule has 0 bridgehead atoms. The van der Waals surface area contributed by atoms with Crippen LogP contribution in [0.4, 0.5) is 11.4 Å². The lowest BCUT2D eigenvalue weighted by molar-refractivity contribution is -0.384. The van der Waals surface area contributed by atoms with E-state index in [4.69, 9.17) is 11.6 Å². The molecule has 1 aliphatic heterocycles. The zero-order valence-electron chi connectivity index (χ0n) is 9.48. The van der Waals surface area contributed by atoms with Gasteiger partial charge in [-0.15, -0.1) is 0 Å². The summed E-state index contributed by atoms with van der Waals surface area (Å²) in [7, 11) is 0. The molecule has 1 fully saturated rings. The zero-order valence-corrected chi connectivity index (χ0v) is 10.2. The van der Waals surface area contributed by atoms with Gasteiger partial charge in [0.1, 0.15) is 0 Å². The van der Waals surface area contributed by atoms with Crippen LogP contribution in [0.25, 0.3) is 0 Å². The maximum Gasteiger partial charge on any atom is 0.271 e. The molecular weight excluding hydrogens is 258 g/mol. The molecule has 6 nitrogen and oxygen atoms in total. The van der Waals surface area contributed by atoms with Crippen LogP contribution in [0.1, 0.15) is 12.8 Å². The van der Waals surface area contributed by atoms with Crippen molar-refractivity contribution >= 4 is 28.9 Å². The molecule has 1 unspecified atom stereocenters. The SMILES string of the molecule is O=C1CCC(Nc2ccc([N+](=O)[O-])cc2Cl)CN1. The Morgan fingerprint density at radius 2 is 2.28 bits per heavy atom. The van der Waals surface area contributed by atoms with Crippen LogP contribution in [0.2, 0.25) is 5.02 Å². The highest BCUT2D eigenvalue weighted by molar-refractivity contribution is 6.33. The smallest absolute Gasteiger partial charge is 0.271 e. The van der Waals surface area contributed by atoms with Crippen LogP contribution < -0.4 is 10.6 Å². The molecule has 1 aromatic carbocycles. The first kappa shape index (κ1) is 12.6. The van der Waals surface area contributed by atoms with Gasteiger partial charge in [-0.3, -0.25) is 14.9 Å². The van der Waals surface area contributed by atoms with E-state index in [1.54, 1.807) is 6.07 Å². The minimum Gasteiger partial charge on any atom is -0.379 e. The molecule has 2 rings (SSSR count). The highest BCUT2D eigenvalue weighted by Gasteiger charge is 2.19. The number of amides is 1. The van der Waals surface area contributed by atoms with Gasteiger partial charge in [-0.1, -0.05) is 11.6 Å². The van der Waals surface area contributed by atoms with E-state index in [0.29, 0.717) is 23.7 Å². The lowest BCUT2D eigenvalue weighted by atomic mass is 10.1. The predicted octanol–water partition coefficient (Wildman–Crippen LogP) is 1.94. The molecule has 18 heavy (non-hydrogen) atoms. The van der Waals surface area contributed by atoms with Gasteiger partial charge >= 0.3 is 0 Å². The standard InChI is InChI=1S/C11H12ClN3O3/c12-9-5-8(15(17)18)2-3-10(9)14-7-1-4-11(16)13-6-7/h2-3,5,7,14H,1,4,6H2,(H,13,16). The second-order valence-electron chi connectivity index (χ2n) is 4.11. The van der Waals surface area contributed by atoms with Crippen LogP contribution in [0.15, 0.2) is 18.2 Å². The Morgan fingerprint density at radius 1 is 1.50 bits per heavy atom. The van der Waals surface area contributed by atoms with Crippen molar-refractivity contribution in [2.24, 2.45) is 0 Å². The van der Waals surface area contributed by atoms with Crippen molar-refractivity contribution in [2.75, 3.05) is 11.9 Å². The number of nitrogens with zero attached hydrogens (tertiary/aromatic N) is 1. The third kappa shape index (κ3) is 2.89. The van der Waals surface area contributed by atoms with Crippen molar-refractivity contribution in [1.82, 2.24) is 5.32 Å². The van der Waals surface area contributed by atoms with Crippen molar-refractivity contribution < 1.29 is 9.72 Å². The molecule has 1 heterocycles. The van der Waals surface area contributed by atoms with E-state index < -0.39 is 4.92 Å². The number of benzene rings is 1. The van der Waals surface area contributed by atoms with Crippen LogP contribution in [0.5, 0.6) is 0 Å². The molecule has 0 spiro atoms. The number of hydrogen-bond donors (Lipinski definition) is 2. The number of nitro benzene ring substituents is 1. The number of hydrogen-bond acceptors (Lipinski definition) is 4. The van der Waals surface area contributed by atoms with E-state index in [1.807, 2.05) is 0 Å². The molecular formula is C11H12ClN3O3. The Balaban J connectivity index is 2.05. The van der Waals surface area contributed by atoms with Gasteiger partial charge < -0.3 is 10.6 Å². The molecule has 1 saturated heterocycles. The average molecular weight is 270 g/mol. The fourth-order valence-electron chi connectivity index (χ4n) is 1.81. The van der Waals surface area contributed by atoms with E-state index in [0.717, 1.165) is 6.42 Å². The van der Waals surface area contributed by atoms with Gasteiger partial charge in [0.2, 0.25) is 5.91 Å². The molecule has 0 aromatic heterocycles. The number of rotatable bonds is 3. The lowest BCUT2D eigenvalue weighted by Crippen LogP contribution is -2.41. The van der Waals surface area contributed by atoms with Crippen molar-refractivity contribution in [1.29, 1.82) is 0 Å². The van der Waals surface area contributed by atoms with Gasteiger partial charge in [-0.05, 0) is 12.5 Å². The Kier molecular flexibility index (Phi) is 3.66. The summed E-state index contributed by atoms with van der Waals surface area (Å²) < 4.78 is 0. The maximum absolute atomic E-state index is 11.0. The Bertz CT molecular complexity index is 482. The molecule has 1 aliphatic rings. The number of carbonyl (C=O) groups is 1. The molecule has 2 N–H and O–H groups in total. The minimum atomic E-state index is -0.490. The molecule has 0 saturated carbocycles. The Labute approximate surface area is 108 Å². The summed E-state index contributed by atoms with van der Waals surface area (Å²) in [5, 5.41) is 16.8. The molecule has 0 aliphatic carbocycles. The fraction of sp³-hybridized carbons (Fsp3) is 0.364. The van der Waals surface area contributed by atoms with Gasteiger partial charge in [0.25, 0.3) is 5.69 Å². The molecule has 96 valence electrons. The predicted molar refractivity (Wildman–Crippen MR) is 67.8 cm³/mol. The second-order valence-corrected chi connectivity index (χ2v) is 4.51. The van der Waals surface area contributed by atoms with Gasteiger partial charge in [-0.25, -0.2) is 0 Å². The van der Waals surface area contributed by atoms with E-state index in [1.165, 1.54) is 12.1 Å². The molecule has 1 amide bonds. The van der Waals surface area contributed by atoms with E-state index in [2.05, 4.69) is 10.6 Å². The van der Waals surface area contributed by atoms with Crippen molar-refractivity contribution in [3.63, 3.8) is 0 Å². The van der Waals surface area contributed by atoms with Crippen molar-refractivity contribution in [3.8, 4) is 0 Å². The normalized spacial score (nSPS) is 19.2. The van der Waals surface area contributed by atoms with Crippen LogP contribution in [0, 0.1) is 10.1 Å². The maximum atomic E-state index is 11.0. The minimum absolute atomic E-state index is 0.0394. The van der Waals surface area contributed by atoms with Crippen LogP contribution >= 0.6 is 11.6 Å². The number of nitrogens with one attached hydrogen (secondary N) is 2. The van der Waals surface area contributed by atoms with E-state index in [-0.39, 0.29) is 17.6 Å². The second kappa shape index (κ2) is 5.22. The summed E-state index contributed by atoms with van der Waals surface area (Å²) in [5.74, 6) is 0.0443. The largest absolute Gasteiger partial charge is 0.379 e. The van der Waals surface area contributed by atoms with E-state index >= 15 is 0 Å². The number of carbonyl (C=O) groups excluding carboxylic acids is 1. The third-order valence-corrected chi connectivity index (χ3v) is 3.10. The third-order valence-electron chi connectivity index (χ3n) is 2.79. The van der Waals surface area contributed by atoms with Gasteiger partial charge in [0, 0.05) is 31.1 Å². The van der Waals surface area contributed by atoms with Gasteiger partial charge in [0.05, 0.1) is 15.6 Å². The first-order valence-electron chi connectivity index (χ1n) is 5.53. The summed E-state index contributed by atoms with van der Waals surface area (Å²) in [4.78, 5) is 21.1. The molecule has 1 atom stereocenters. The number of nitro groups is 1. The number of halogens is 1.